The summed E-state index contributed by atoms with van der Waals surface area (Å²) in [6.45, 7) is 1.97. The highest BCUT2D eigenvalue weighted by molar-refractivity contribution is 5.94. The second kappa shape index (κ2) is 8.52. The molecular formula is C17H18N8O2. The minimum atomic E-state index is -0.482. The number of hydrazone groups is 1. The average molecular weight is 366 g/mol. The van der Waals surface area contributed by atoms with Gasteiger partial charge in [-0.15, -0.1) is 5.10 Å². The number of anilines is 1. The molecule has 10 heteroatoms. The number of carbonyl (C=O) groups excluding carboxylic acids is 1. The Kier molecular flexibility index (Phi) is 5.67. The molecule has 27 heavy (non-hydrogen) atoms. The van der Waals surface area contributed by atoms with Gasteiger partial charge in [-0.3, -0.25) is 4.79 Å². The number of nitrogens with two attached hydrogens (primary N) is 1. The first-order valence-electron chi connectivity index (χ1n) is 8.28. The summed E-state index contributed by atoms with van der Waals surface area (Å²) in [5, 5.41) is 19.0. The maximum Gasteiger partial charge on any atom is 0.293 e. The van der Waals surface area contributed by atoms with Gasteiger partial charge in [0.15, 0.2) is 5.69 Å². The van der Waals surface area contributed by atoms with Gasteiger partial charge in [0.25, 0.3) is 5.91 Å². The second-order valence-electron chi connectivity index (χ2n) is 5.51. The topological polar surface area (TPSA) is 137 Å². The molecule has 2 aromatic heterocycles. The largest absolute Gasteiger partial charge is 0.378 e. The molecule has 0 radical (unpaired) electrons. The maximum absolute atomic E-state index is 12.4. The zero-order valence-electron chi connectivity index (χ0n) is 14.6. The molecule has 2 heterocycles. The predicted octanol–water partition coefficient (Wildman–Crippen LogP) is 1.61. The standard InChI is InChI=1S/C17H18N8O2/c1-2-7-13-14(20-24-25(13)16-15(18)22-27-23-16)17(26)21-19-11-6-10-12-8-4-3-5-9-12/h3-6,8-11H,2,7H2,1H3,(H2,18,22)(H,21,26)/b10-6+,19-11-. The zero-order valence-corrected chi connectivity index (χ0v) is 14.6. The lowest BCUT2D eigenvalue weighted by molar-refractivity contribution is 0.0949. The van der Waals surface area contributed by atoms with Gasteiger partial charge in [0.2, 0.25) is 11.6 Å². The molecule has 0 unspecified atom stereocenters. The number of allylic oxidation sites excluding steroid dienone is 1. The number of benzene rings is 1. The molecule has 3 rings (SSSR count). The number of hydrogen-bond donors (Lipinski definition) is 2. The van der Waals surface area contributed by atoms with E-state index < -0.39 is 5.91 Å². The highest BCUT2D eigenvalue weighted by Crippen LogP contribution is 2.17. The molecule has 0 atom stereocenters. The lowest BCUT2D eigenvalue weighted by atomic mass is 10.2. The molecule has 10 nitrogen and oxygen atoms in total. The Morgan fingerprint density at radius 2 is 2.15 bits per heavy atom. The summed E-state index contributed by atoms with van der Waals surface area (Å²) < 4.78 is 5.94. The Morgan fingerprint density at radius 3 is 2.85 bits per heavy atom. The van der Waals surface area contributed by atoms with Crippen LogP contribution in [0, 0.1) is 0 Å². The second-order valence-corrected chi connectivity index (χ2v) is 5.51. The highest BCUT2D eigenvalue weighted by Gasteiger charge is 2.22. The van der Waals surface area contributed by atoms with Crippen LogP contribution in [0.3, 0.4) is 0 Å². The van der Waals surface area contributed by atoms with Crippen molar-refractivity contribution >= 4 is 24.0 Å². The zero-order chi connectivity index (χ0) is 19.1. The van der Waals surface area contributed by atoms with E-state index >= 15 is 0 Å². The van der Waals surface area contributed by atoms with Crippen LogP contribution in [0.2, 0.25) is 0 Å². The van der Waals surface area contributed by atoms with Gasteiger partial charge < -0.3 is 5.73 Å². The van der Waals surface area contributed by atoms with Gasteiger partial charge >= 0.3 is 0 Å². The van der Waals surface area contributed by atoms with Crippen molar-refractivity contribution in [3.63, 3.8) is 0 Å². The number of nitrogens with one attached hydrogen (secondary N) is 1. The van der Waals surface area contributed by atoms with E-state index in [9.17, 15) is 4.79 Å². The van der Waals surface area contributed by atoms with Crippen LogP contribution < -0.4 is 11.2 Å². The molecule has 0 saturated heterocycles. The molecule has 0 fully saturated rings. The normalized spacial score (nSPS) is 11.4. The van der Waals surface area contributed by atoms with Crippen molar-refractivity contribution in [2.45, 2.75) is 19.8 Å². The summed E-state index contributed by atoms with van der Waals surface area (Å²) in [6, 6.07) is 9.74. The number of nitrogens with zero attached hydrogens (tertiary/aromatic N) is 6. The molecule has 0 bridgehead atoms. The van der Waals surface area contributed by atoms with Gasteiger partial charge in [0.1, 0.15) is 0 Å². The first-order valence-corrected chi connectivity index (χ1v) is 8.28. The third-order valence-electron chi connectivity index (χ3n) is 3.58. The lowest BCUT2D eigenvalue weighted by Gasteiger charge is -2.03. The van der Waals surface area contributed by atoms with E-state index in [1.54, 1.807) is 6.08 Å². The van der Waals surface area contributed by atoms with Crippen LogP contribution in [0.15, 0.2) is 46.1 Å². The Balaban J connectivity index is 1.71. The molecule has 0 saturated carbocycles. The fourth-order valence-electron chi connectivity index (χ4n) is 2.36. The van der Waals surface area contributed by atoms with Gasteiger partial charge in [0, 0.05) is 6.21 Å². The van der Waals surface area contributed by atoms with Crippen molar-refractivity contribution in [3.8, 4) is 5.82 Å². The van der Waals surface area contributed by atoms with Crippen LogP contribution in [-0.4, -0.2) is 37.4 Å². The number of amides is 1. The minimum Gasteiger partial charge on any atom is -0.378 e. The van der Waals surface area contributed by atoms with Crippen LogP contribution in [0.4, 0.5) is 5.82 Å². The van der Waals surface area contributed by atoms with Crippen LogP contribution in [-0.2, 0) is 6.42 Å². The summed E-state index contributed by atoms with van der Waals surface area (Å²) in [7, 11) is 0. The van der Waals surface area contributed by atoms with Gasteiger partial charge in [-0.25, -0.2) is 10.1 Å². The van der Waals surface area contributed by atoms with E-state index in [0.717, 1.165) is 12.0 Å². The quantitative estimate of drug-likeness (QED) is 0.478. The van der Waals surface area contributed by atoms with Gasteiger partial charge in [0.05, 0.1) is 5.69 Å². The molecule has 3 N–H and O–H groups in total. The van der Waals surface area contributed by atoms with Gasteiger partial charge in [-0.2, -0.15) is 9.78 Å². The SMILES string of the molecule is CCCc1c(C(=O)N/N=C\C=C\c2ccccc2)nnn1-c1nonc1N. The molecule has 3 aromatic rings. The van der Waals surface area contributed by atoms with Crippen molar-refractivity contribution in [3.05, 3.63) is 53.4 Å². The summed E-state index contributed by atoms with van der Waals surface area (Å²) in [5.41, 5.74) is 9.85. The lowest BCUT2D eigenvalue weighted by Crippen LogP contribution is -2.20. The first-order chi connectivity index (χ1) is 13.2. The van der Waals surface area contributed by atoms with E-state index in [2.05, 4.69) is 35.8 Å². The number of carbonyl (C=O) groups is 1. The molecule has 0 aliphatic rings. The van der Waals surface area contributed by atoms with Crippen molar-refractivity contribution in [1.82, 2.24) is 30.7 Å². The summed E-state index contributed by atoms with van der Waals surface area (Å²) in [5.74, 6) is -0.225. The molecule has 0 spiro atoms. The third-order valence-corrected chi connectivity index (χ3v) is 3.58. The van der Waals surface area contributed by atoms with Crippen LogP contribution in [0.5, 0.6) is 0 Å². The highest BCUT2D eigenvalue weighted by atomic mass is 16.6. The Morgan fingerprint density at radius 1 is 1.33 bits per heavy atom. The summed E-state index contributed by atoms with van der Waals surface area (Å²) >= 11 is 0. The predicted molar refractivity (Wildman–Crippen MR) is 99.1 cm³/mol. The van der Waals surface area contributed by atoms with Gasteiger partial charge in [-0.1, -0.05) is 55.0 Å². The van der Waals surface area contributed by atoms with E-state index in [4.69, 9.17) is 5.73 Å². The summed E-state index contributed by atoms with van der Waals surface area (Å²) in [6.07, 6.45) is 6.38. The van der Waals surface area contributed by atoms with Crippen LogP contribution >= 0.6 is 0 Å². The summed E-state index contributed by atoms with van der Waals surface area (Å²) in [4.78, 5) is 12.4. The third kappa shape index (κ3) is 4.24. The van der Waals surface area contributed by atoms with Crippen molar-refractivity contribution in [2.24, 2.45) is 5.10 Å². The fourth-order valence-corrected chi connectivity index (χ4v) is 2.36. The Hall–Kier alpha value is -3.82. The van der Waals surface area contributed by atoms with E-state index in [-0.39, 0.29) is 17.3 Å². The van der Waals surface area contributed by atoms with E-state index in [1.165, 1.54) is 10.9 Å². The van der Waals surface area contributed by atoms with Crippen LogP contribution in [0.25, 0.3) is 11.9 Å². The molecule has 0 aliphatic carbocycles. The Bertz CT molecular complexity index is 958. The van der Waals surface area contributed by atoms with Crippen molar-refractivity contribution in [2.75, 3.05) is 5.73 Å². The Labute approximate surface area is 154 Å². The fraction of sp³-hybridized carbons (Fsp3) is 0.176. The first kappa shape index (κ1) is 18.0. The average Bonchev–Trinajstić information content (AvgIpc) is 3.28. The molecule has 1 amide bonds. The molecule has 0 aliphatic heterocycles. The van der Waals surface area contributed by atoms with E-state index in [1.807, 2.05) is 43.3 Å². The number of hydrogen-bond acceptors (Lipinski definition) is 8. The molecule has 1 aromatic carbocycles. The minimum absolute atomic E-state index is 0.0632. The monoisotopic (exact) mass is 366 g/mol. The maximum atomic E-state index is 12.4. The van der Waals surface area contributed by atoms with Crippen LogP contribution in [0.1, 0.15) is 35.1 Å². The number of aromatic nitrogens is 5. The smallest absolute Gasteiger partial charge is 0.293 e. The molecule has 138 valence electrons. The number of nitrogen functional groups attached to an aromatic ring is 1. The van der Waals surface area contributed by atoms with Crippen molar-refractivity contribution in [1.29, 1.82) is 0 Å². The number of rotatable bonds is 7. The van der Waals surface area contributed by atoms with E-state index in [0.29, 0.717) is 12.1 Å². The molecular weight excluding hydrogens is 348 g/mol. The van der Waals surface area contributed by atoms with Gasteiger partial charge in [-0.05, 0) is 28.4 Å². The van der Waals surface area contributed by atoms with Crippen molar-refractivity contribution < 1.29 is 9.42 Å².